The molecule has 0 radical (unpaired) electrons. The normalized spacial score (nSPS) is 10.5. The standard InChI is InChI=1S/C12H12N2O2S/c1-7-5-8(17-2)3-4-9(7)10-6-11(12(15)16)14-13-10/h3-6H,1-2H3,(H,13,14)(H,15,16). The van der Waals surface area contributed by atoms with Crippen molar-refractivity contribution in [3.8, 4) is 11.3 Å². The molecular weight excluding hydrogens is 236 g/mol. The molecule has 17 heavy (non-hydrogen) atoms. The molecule has 0 aliphatic rings. The Balaban J connectivity index is 2.42. The van der Waals surface area contributed by atoms with Crippen LogP contribution in [-0.2, 0) is 0 Å². The van der Waals surface area contributed by atoms with Crippen LogP contribution in [0.4, 0.5) is 0 Å². The van der Waals surface area contributed by atoms with Crippen LogP contribution in [0.2, 0.25) is 0 Å². The molecule has 2 aromatic rings. The van der Waals surface area contributed by atoms with E-state index in [1.807, 2.05) is 25.3 Å². The predicted octanol–water partition coefficient (Wildman–Crippen LogP) is 2.81. The molecule has 2 rings (SSSR count). The van der Waals surface area contributed by atoms with Crippen LogP contribution >= 0.6 is 11.8 Å². The molecule has 0 unspecified atom stereocenters. The molecule has 88 valence electrons. The number of hydrogen-bond donors (Lipinski definition) is 2. The fourth-order valence-electron chi connectivity index (χ4n) is 1.62. The van der Waals surface area contributed by atoms with Gasteiger partial charge in [0.1, 0.15) is 5.69 Å². The Morgan fingerprint density at radius 3 is 2.71 bits per heavy atom. The van der Waals surface area contributed by atoms with E-state index in [9.17, 15) is 4.79 Å². The number of aryl methyl sites for hydroxylation is 1. The third kappa shape index (κ3) is 2.34. The zero-order chi connectivity index (χ0) is 12.4. The number of carbonyl (C=O) groups is 1. The SMILES string of the molecule is CSc1ccc(-c2cc(C(=O)O)[nH]n2)c(C)c1. The van der Waals surface area contributed by atoms with Crippen molar-refractivity contribution in [2.45, 2.75) is 11.8 Å². The van der Waals surface area contributed by atoms with Gasteiger partial charge in [-0.05, 0) is 36.9 Å². The summed E-state index contributed by atoms with van der Waals surface area (Å²) in [6.07, 6.45) is 2.02. The highest BCUT2D eigenvalue weighted by atomic mass is 32.2. The van der Waals surface area contributed by atoms with Crippen molar-refractivity contribution >= 4 is 17.7 Å². The summed E-state index contributed by atoms with van der Waals surface area (Å²) in [5.74, 6) is -0.998. The number of H-pyrrole nitrogens is 1. The molecule has 0 fully saturated rings. The Kier molecular flexibility index (Phi) is 3.19. The summed E-state index contributed by atoms with van der Waals surface area (Å²) in [6.45, 7) is 1.99. The molecule has 0 saturated heterocycles. The Morgan fingerprint density at radius 1 is 1.41 bits per heavy atom. The highest BCUT2D eigenvalue weighted by molar-refractivity contribution is 7.98. The van der Waals surface area contributed by atoms with Crippen LogP contribution in [-0.4, -0.2) is 27.5 Å². The lowest BCUT2D eigenvalue weighted by Gasteiger charge is -2.04. The van der Waals surface area contributed by atoms with Gasteiger partial charge in [0.15, 0.2) is 0 Å². The predicted molar refractivity (Wildman–Crippen MR) is 67.5 cm³/mol. The number of aromatic carboxylic acids is 1. The van der Waals surface area contributed by atoms with E-state index in [4.69, 9.17) is 5.11 Å². The van der Waals surface area contributed by atoms with E-state index < -0.39 is 5.97 Å². The molecule has 0 bridgehead atoms. The number of aromatic nitrogens is 2. The number of carboxylic acid groups (broad SMARTS) is 1. The van der Waals surface area contributed by atoms with Crippen LogP contribution in [0.25, 0.3) is 11.3 Å². The van der Waals surface area contributed by atoms with Gasteiger partial charge in [0, 0.05) is 10.5 Å². The second-order valence-corrected chi connectivity index (χ2v) is 4.53. The van der Waals surface area contributed by atoms with E-state index in [0.29, 0.717) is 5.69 Å². The average molecular weight is 248 g/mol. The smallest absolute Gasteiger partial charge is 0.353 e. The molecule has 1 heterocycles. The molecular formula is C12H12N2O2S. The van der Waals surface area contributed by atoms with Crippen LogP contribution in [0.5, 0.6) is 0 Å². The van der Waals surface area contributed by atoms with Gasteiger partial charge in [-0.25, -0.2) is 4.79 Å². The number of nitrogens with zero attached hydrogens (tertiary/aromatic N) is 1. The third-order valence-electron chi connectivity index (χ3n) is 2.52. The Labute approximate surface area is 103 Å². The molecule has 0 saturated carbocycles. The second-order valence-electron chi connectivity index (χ2n) is 3.65. The quantitative estimate of drug-likeness (QED) is 0.820. The largest absolute Gasteiger partial charge is 0.477 e. The van der Waals surface area contributed by atoms with Crippen LogP contribution < -0.4 is 0 Å². The van der Waals surface area contributed by atoms with Crippen molar-refractivity contribution in [3.63, 3.8) is 0 Å². The Hall–Kier alpha value is -1.75. The molecule has 5 heteroatoms. The maximum atomic E-state index is 10.8. The lowest BCUT2D eigenvalue weighted by Crippen LogP contribution is -1.95. The first kappa shape index (κ1) is 11.7. The maximum absolute atomic E-state index is 10.8. The number of rotatable bonds is 3. The van der Waals surface area contributed by atoms with Crippen molar-refractivity contribution in [1.82, 2.24) is 10.2 Å². The lowest BCUT2D eigenvalue weighted by atomic mass is 10.1. The molecule has 4 nitrogen and oxygen atoms in total. The first-order valence-corrected chi connectivity index (χ1v) is 6.28. The summed E-state index contributed by atoms with van der Waals surface area (Å²) in [7, 11) is 0. The van der Waals surface area contributed by atoms with Gasteiger partial charge < -0.3 is 5.11 Å². The lowest BCUT2D eigenvalue weighted by molar-refractivity contribution is 0.0690. The zero-order valence-electron chi connectivity index (χ0n) is 9.52. The topological polar surface area (TPSA) is 66.0 Å². The van der Waals surface area contributed by atoms with E-state index in [1.54, 1.807) is 17.8 Å². The fourth-order valence-corrected chi connectivity index (χ4v) is 2.12. The van der Waals surface area contributed by atoms with Crippen LogP contribution in [0.3, 0.4) is 0 Å². The zero-order valence-corrected chi connectivity index (χ0v) is 10.3. The van der Waals surface area contributed by atoms with Crippen molar-refractivity contribution in [3.05, 3.63) is 35.5 Å². The average Bonchev–Trinajstić information content (AvgIpc) is 2.78. The first-order valence-electron chi connectivity index (χ1n) is 5.05. The van der Waals surface area contributed by atoms with Crippen LogP contribution in [0, 0.1) is 6.92 Å². The molecule has 1 aromatic heterocycles. The van der Waals surface area contributed by atoms with Gasteiger partial charge in [0.25, 0.3) is 0 Å². The van der Waals surface area contributed by atoms with Gasteiger partial charge in [-0.15, -0.1) is 11.8 Å². The summed E-state index contributed by atoms with van der Waals surface area (Å²) in [4.78, 5) is 11.9. The molecule has 2 N–H and O–H groups in total. The number of hydrogen-bond acceptors (Lipinski definition) is 3. The molecule has 0 spiro atoms. The summed E-state index contributed by atoms with van der Waals surface area (Å²) in [5.41, 5.74) is 2.80. The highest BCUT2D eigenvalue weighted by Crippen LogP contribution is 2.26. The minimum Gasteiger partial charge on any atom is -0.477 e. The molecule has 0 atom stereocenters. The van der Waals surface area contributed by atoms with E-state index in [2.05, 4.69) is 16.3 Å². The fraction of sp³-hybridized carbons (Fsp3) is 0.167. The molecule has 0 aliphatic heterocycles. The van der Waals surface area contributed by atoms with Crippen molar-refractivity contribution in [1.29, 1.82) is 0 Å². The molecule has 0 aliphatic carbocycles. The molecule has 0 amide bonds. The number of carboxylic acids is 1. The second kappa shape index (κ2) is 4.63. The Morgan fingerprint density at radius 2 is 2.18 bits per heavy atom. The number of thioether (sulfide) groups is 1. The summed E-state index contributed by atoms with van der Waals surface area (Å²) in [6, 6.07) is 7.57. The summed E-state index contributed by atoms with van der Waals surface area (Å²) < 4.78 is 0. The van der Waals surface area contributed by atoms with Crippen LogP contribution in [0.15, 0.2) is 29.2 Å². The van der Waals surface area contributed by atoms with E-state index in [0.717, 1.165) is 11.1 Å². The van der Waals surface area contributed by atoms with Gasteiger partial charge in [0.05, 0.1) is 5.69 Å². The summed E-state index contributed by atoms with van der Waals surface area (Å²) >= 11 is 1.67. The van der Waals surface area contributed by atoms with E-state index >= 15 is 0 Å². The summed E-state index contributed by atoms with van der Waals surface area (Å²) in [5, 5.41) is 15.3. The first-order chi connectivity index (χ1) is 8.11. The minimum atomic E-state index is -0.998. The number of benzene rings is 1. The monoisotopic (exact) mass is 248 g/mol. The highest BCUT2D eigenvalue weighted by Gasteiger charge is 2.10. The number of nitrogens with one attached hydrogen (secondary N) is 1. The van der Waals surface area contributed by atoms with Crippen molar-refractivity contribution < 1.29 is 9.90 Å². The van der Waals surface area contributed by atoms with Gasteiger partial charge >= 0.3 is 5.97 Å². The van der Waals surface area contributed by atoms with Gasteiger partial charge in [-0.3, -0.25) is 5.10 Å². The maximum Gasteiger partial charge on any atom is 0.353 e. The molecule has 1 aromatic carbocycles. The van der Waals surface area contributed by atoms with E-state index in [-0.39, 0.29) is 5.69 Å². The van der Waals surface area contributed by atoms with Gasteiger partial charge in [0.2, 0.25) is 0 Å². The van der Waals surface area contributed by atoms with Gasteiger partial charge in [-0.2, -0.15) is 5.10 Å². The Bertz CT molecular complexity index is 563. The van der Waals surface area contributed by atoms with Crippen LogP contribution in [0.1, 0.15) is 16.1 Å². The third-order valence-corrected chi connectivity index (χ3v) is 3.24. The number of aromatic amines is 1. The van der Waals surface area contributed by atoms with Crippen molar-refractivity contribution in [2.24, 2.45) is 0 Å². The van der Waals surface area contributed by atoms with E-state index in [1.165, 1.54) is 4.90 Å². The van der Waals surface area contributed by atoms with Crippen molar-refractivity contribution in [2.75, 3.05) is 6.26 Å². The van der Waals surface area contributed by atoms with Gasteiger partial charge in [-0.1, -0.05) is 6.07 Å². The minimum absolute atomic E-state index is 0.105.